The molecule has 2 heterocycles. The lowest BCUT2D eigenvalue weighted by Crippen LogP contribution is -2.29. The van der Waals surface area contributed by atoms with Crippen LogP contribution in [0.2, 0.25) is 0 Å². The van der Waals surface area contributed by atoms with Crippen molar-refractivity contribution in [3.63, 3.8) is 0 Å². The van der Waals surface area contributed by atoms with E-state index in [1.54, 1.807) is 0 Å². The van der Waals surface area contributed by atoms with Crippen molar-refractivity contribution in [2.24, 2.45) is 0 Å². The lowest BCUT2D eigenvalue weighted by atomic mass is 10.2. The Morgan fingerprint density at radius 3 is 2.67 bits per heavy atom. The standard InChI is InChI=1S/C16H17FN2O3S2/c17-15-6-5-13(24(21,22)19-7-1-2-8-19)10-14(15)16(20)18-11-12-4-3-9-23-12/h3-6,9-10H,1-2,7-8,11H2,(H,18,20). The molecule has 0 spiro atoms. The van der Waals surface area contributed by atoms with Gasteiger partial charge in [0, 0.05) is 18.0 Å². The smallest absolute Gasteiger partial charge is 0.254 e. The molecule has 1 aliphatic heterocycles. The highest BCUT2D eigenvalue weighted by molar-refractivity contribution is 7.89. The molecule has 0 radical (unpaired) electrons. The molecule has 1 aromatic heterocycles. The third-order valence-electron chi connectivity index (χ3n) is 3.89. The summed E-state index contributed by atoms with van der Waals surface area (Å²) in [7, 11) is -3.68. The van der Waals surface area contributed by atoms with E-state index in [4.69, 9.17) is 0 Å². The number of nitrogens with one attached hydrogen (secondary N) is 1. The number of sulfonamides is 1. The van der Waals surface area contributed by atoms with Gasteiger partial charge in [-0.3, -0.25) is 4.79 Å². The van der Waals surface area contributed by atoms with Crippen LogP contribution in [0, 0.1) is 5.82 Å². The zero-order chi connectivity index (χ0) is 17.2. The topological polar surface area (TPSA) is 66.5 Å². The van der Waals surface area contributed by atoms with E-state index in [0.717, 1.165) is 29.9 Å². The second-order valence-corrected chi connectivity index (χ2v) is 8.49. The van der Waals surface area contributed by atoms with Crippen LogP contribution < -0.4 is 5.32 Å². The van der Waals surface area contributed by atoms with Crippen LogP contribution in [0.4, 0.5) is 4.39 Å². The summed E-state index contributed by atoms with van der Waals surface area (Å²) >= 11 is 1.48. The van der Waals surface area contributed by atoms with Gasteiger partial charge in [-0.05, 0) is 42.5 Å². The van der Waals surface area contributed by atoms with E-state index in [9.17, 15) is 17.6 Å². The molecular formula is C16H17FN2O3S2. The maximum absolute atomic E-state index is 14.0. The fourth-order valence-corrected chi connectivity index (χ4v) is 4.78. The minimum atomic E-state index is -3.68. The lowest BCUT2D eigenvalue weighted by Gasteiger charge is -2.16. The van der Waals surface area contributed by atoms with Gasteiger partial charge in [-0.15, -0.1) is 11.3 Å². The molecule has 5 nitrogen and oxygen atoms in total. The fraction of sp³-hybridized carbons (Fsp3) is 0.312. The number of carbonyl (C=O) groups is 1. The molecule has 2 aromatic rings. The van der Waals surface area contributed by atoms with Gasteiger partial charge in [-0.25, -0.2) is 12.8 Å². The van der Waals surface area contributed by atoms with Gasteiger partial charge >= 0.3 is 0 Å². The van der Waals surface area contributed by atoms with E-state index >= 15 is 0 Å². The minimum absolute atomic E-state index is 0.0490. The van der Waals surface area contributed by atoms with Crippen LogP contribution in [0.25, 0.3) is 0 Å². The quantitative estimate of drug-likeness (QED) is 0.882. The van der Waals surface area contributed by atoms with Gasteiger partial charge in [0.1, 0.15) is 5.82 Å². The Bertz CT molecular complexity index is 829. The SMILES string of the molecule is O=C(NCc1cccs1)c1cc(S(=O)(=O)N2CCCC2)ccc1F. The van der Waals surface area contributed by atoms with Crippen molar-refractivity contribution in [3.05, 3.63) is 52.0 Å². The lowest BCUT2D eigenvalue weighted by molar-refractivity contribution is 0.0947. The second-order valence-electron chi connectivity index (χ2n) is 5.51. The first-order valence-corrected chi connectivity index (χ1v) is 9.91. The Balaban J connectivity index is 1.82. The summed E-state index contributed by atoms with van der Waals surface area (Å²) in [6, 6.07) is 7.07. The van der Waals surface area contributed by atoms with Gasteiger partial charge in [-0.1, -0.05) is 6.07 Å². The van der Waals surface area contributed by atoms with Gasteiger partial charge in [0.25, 0.3) is 5.91 Å². The fourth-order valence-electron chi connectivity index (χ4n) is 2.59. The first kappa shape index (κ1) is 17.1. The van der Waals surface area contributed by atoms with Crippen molar-refractivity contribution >= 4 is 27.3 Å². The summed E-state index contributed by atoms with van der Waals surface area (Å²) in [6.07, 6.45) is 1.63. The normalized spacial score (nSPS) is 15.5. The number of hydrogen-bond donors (Lipinski definition) is 1. The summed E-state index contributed by atoms with van der Waals surface area (Å²) in [5, 5.41) is 4.49. The molecular weight excluding hydrogens is 351 g/mol. The third kappa shape index (κ3) is 3.50. The van der Waals surface area contributed by atoms with Crippen LogP contribution in [0.1, 0.15) is 28.1 Å². The van der Waals surface area contributed by atoms with Crippen LogP contribution in [-0.4, -0.2) is 31.7 Å². The molecule has 1 amide bonds. The predicted octanol–water partition coefficient (Wildman–Crippen LogP) is 2.60. The summed E-state index contributed by atoms with van der Waals surface area (Å²) in [4.78, 5) is 13.1. The first-order chi connectivity index (χ1) is 11.5. The molecule has 1 aliphatic rings. The van der Waals surface area contributed by atoms with Crippen molar-refractivity contribution in [2.45, 2.75) is 24.3 Å². The summed E-state index contributed by atoms with van der Waals surface area (Å²) in [6.45, 7) is 1.19. The van der Waals surface area contributed by atoms with Crippen LogP contribution in [0.15, 0.2) is 40.6 Å². The zero-order valence-corrected chi connectivity index (χ0v) is 14.5. The second kappa shape index (κ2) is 7.00. The Labute approximate surface area is 144 Å². The van der Waals surface area contributed by atoms with Crippen LogP contribution >= 0.6 is 11.3 Å². The number of hydrogen-bond acceptors (Lipinski definition) is 4. The predicted molar refractivity (Wildman–Crippen MR) is 89.9 cm³/mol. The highest BCUT2D eigenvalue weighted by atomic mass is 32.2. The number of carbonyl (C=O) groups excluding carboxylic acids is 1. The summed E-state index contributed by atoms with van der Waals surface area (Å²) in [5.41, 5.74) is -0.258. The number of halogens is 1. The van der Waals surface area contributed by atoms with E-state index in [1.165, 1.54) is 21.7 Å². The number of benzene rings is 1. The van der Waals surface area contributed by atoms with Gasteiger partial charge in [0.15, 0.2) is 0 Å². The van der Waals surface area contributed by atoms with Crippen LogP contribution in [-0.2, 0) is 16.6 Å². The van der Waals surface area contributed by atoms with Crippen molar-refractivity contribution in [1.29, 1.82) is 0 Å². The van der Waals surface area contributed by atoms with E-state index in [1.807, 2.05) is 17.5 Å². The third-order valence-corrected chi connectivity index (χ3v) is 6.66. The molecule has 1 N–H and O–H groups in total. The summed E-state index contributed by atoms with van der Waals surface area (Å²) in [5.74, 6) is -1.36. The molecule has 128 valence electrons. The summed E-state index contributed by atoms with van der Waals surface area (Å²) < 4.78 is 40.4. The van der Waals surface area contributed by atoms with Gasteiger partial charge in [-0.2, -0.15) is 4.31 Å². The maximum atomic E-state index is 14.0. The number of thiophene rings is 1. The molecule has 1 saturated heterocycles. The molecule has 0 unspecified atom stereocenters. The van der Waals surface area contributed by atoms with Gasteiger partial charge in [0.05, 0.1) is 17.0 Å². The largest absolute Gasteiger partial charge is 0.347 e. The van der Waals surface area contributed by atoms with E-state index in [0.29, 0.717) is 13.1 Å². The van der Waals surface area contributed by atoms with E-state index < -0.39 is 21.7 Å². The van der Waals surface area contributed by atoms with Crippen molar-refractivity contribution in [1.82, 2.24) is 9.62 Å². The average molecular weight is 368 g/mol. The van der Waals surface area contributed by atoms with Gasteiger partial charge in [0.2, 0.25) is 10.0 Å². The molecule has 0 bridgehead atoms. The Morgan fingerprint density at radius 2 is 2.00 bits per heavy atom. The minimum Gasteiger partial charge on any atom is -0.347 e. The average Bonchev–Trinajstić information content (AvgIpc) is 3.26. The molecule has 0 atom stereocenters. The Kier molecular flexibility index (Phi) is 4.98. The molecule has 8 heteroatoms. The number of rotatable bonds is 5. The molecule has 1 fully saturated rings. The number of amides is 1. The van der Waals surface area contributed by atoms with Gasteiger partial charge < -0.3 is 5.32 Å². The Morgan fingerprint density at radius 1 is 1.25 bits per heavy atom. The molecule has 0 saturated carbocycles. The van der Waals surface area contributed by atoms with Crippen molar-refractivity contribution in [2.75, 3.05) is 13.1 Å². The van der Waals surface area contributed by atoms with Crippen molar-refractivity contribution < 1.29 is 17.6 Å². The van der Waals surface area contributed by atoms with E-state index in [-0.39, 0.29) is 17.0 Å². The number of nitrogens with zero attached hydrogens (tertiary/aromatic N) is 1. The molecule has 24 heavy (non-hydrogen) atoms. The molecule has 1 aromatic carbocycles. The zero-order valence-electron chi connectivity index (χ0n) is 12.9. The van der Waals surface area contributed by atoms with Crippen LogP contribution in [0.5, 0.6) is 0 Å². The van der Waals surface area contributed by atoms with E-state index in [2.05, 4.69) is 5.32 Å². The first-order valence-electron chi connectivity index (χ1n) is 7.59. The van der Waals surface area contributed by atoms with Crippen LogP contribution in [0.3, 0.4) is 0 Å². The Hall–Kier alpha value is -1.77. The maximum Gasteiger partial charge on any atom is 0.254 e. The highest BCUT2D eigenvalue weighted by Gasteiger charge is 2.28. The highest BCUT2D eigenvalue weighted by Crippen LogP contribution is 2.23. The molecule has 0 aliphatic carbocycles. The monoisotopic (exact) mass is 368 g/mol. The molecule has 3 rings (SSSR count). The van der Waals surface area contributed by atoms with Crippen molar-refractivity contribution in [3.8, 4) is 0 Å².